The molecule has 1 unspecified atom stereocenters. The van der Waals surface area contributed by atoms with Gasteiger partial charge in [0.1, 0.15) is 11.9 Å². The first-order valence-corrected chi connectivity index (χ1v) is 12.8. The number of amides is 2. The molecule has 180 valence electrons. The number of rotatable bonds is 6. The Morgan fingerprint density at radius 2 is 1.91 bits per heavy atom. The van der Waals surface area contributed by atoms with E-state index in [1.807, 2.05) is 12.1 Å². The maximum atomic E-state index is 13.6. The van der Waals surface area contributed by atoms with E-state index >= 15 is 0 Å². The van der Waals surface area contributed by atoms with Gasteiger partial charge in [0.05, 0.1) is 24.2 Å². The zero-order valence-corrected chi connectivity index (χ0v) is 19.4. The molecule has 2 N–H and O–H groups in total. The van der Waals surface area contributed by atoms with E-state index in [2.05, 4.69) is 15.9 Å². The topological polar surface area (TPSA) is 93.7 Å². The van der Waals surface area contributed by atoms with Gasteiger partial charge < -0.3 is 15.5 Å². The van der Waals surface area contributed by atoms with Crippen molar-refractivity contribution in [2.24, 2.45) is 17.6 Å². The van der Waals surface area contributed by atoms with Gasteiger partial charge in [-0.25, -0.2) is 4.39 Å². The van der Waals surface area contributed by atoms with Gasteiger partial charge in [0.2, 0.25) is 11.8 Å². The van der Waals surface area contributed by atoms with E-state index in [0.29, 0.717) is 24.9 Å². The fraction of sp³-hybridized carbons (Fsp3) is 0.654. The van der Waals surface area contributed by atoms with Crippen molar-refractivity contribution in [3.63, 3.8) is 0 Å². The minimum Gasteiger partial charge on any atom is -0.330 e. The SMILES string of the molecule is N#C[C@@H]1C[C@@H]2CC2N1C(=O)[C@@H](N)CN1C[C@@H]2C[C@H]1C(=O)N2[C@H](c1ccc(F)cc1)C1CCCC1. The van der Waals surface area contributed by atoms with Gasteiger partial charge in [-0.1, -0.05) is 25.0 Å². The van der Waals surface area contributed by atoms with Crippen LogP contribution in [-0.4, -0.2) is 69.8 Å². The van der Waals surface area contributed by atoms with Gasteiger partial charge in [-0.05, 0) is 61.6 Å². The summed E-state index contributed by atoms with van der Waals surface area (Å²) in [5.74, 6) is 0.546. The number of benzene rings is 1. The van der Waals surface area contributed by atoms with E-state index < -0.39 is 6.04 Å². The zero-order valence-electron chi connectivity index (χ0n) is 19.4. The molecule has 0 spiro atoms. The number of hydrogen-bond acceptors (Lipinski definition) is 5. The summed E-state index contributed by atoms with van der Waals surface area (Å²) in [4.78, 5) is 32.5. The number of halogens is 1. The van der Waals surface area contributed by atoms with Crippen molar-refractivity contribution in [2.45, 2.75) is 81.2 Å². The molecule has 3 aliphatic heterocycles. The Morgan fingerprint density at radius 1 is 1.18 bits per heavy atom. The van der Waals surface area contributed by atoms with Crippen molar-refractivity contribution in [1.82, 2.24) is 14.7 Å². The molecule has 34 heavy (non-hydrogen) atoms. The summed E-state index contributed by atoms with van der Waals surface area (Å²) in [6.45, 7) is 1.05. The average Bonchev–Trinajstić information content (AvgIpc) is 3.25. The van der Waals surface area contributed by atoms with Crippen LogP contribution in [-0.2, 0) is 9.59 Å². The van der Waals surface area contributed by atoms with Gasteiger partial charge in [0.25, 0.3) is 0 Å². The van der Waals surface area contributed by atoms with Crippen LogP contribution < -0.4 is 5.73 Å². The summed E-state index contributed by atoms with van der Waals surface area (Å²) in [6, 6.07) is 7.80. The molecule has 3 heterocycles. The number of fused-ring (bicyclic) bond motifs is 3. The molecule has 3 saturated heterocycles. The van der Waals surface area contributed by atoms with E-state index in [4.69, 9.17) is 5.73 Å². The Hall–Kier alpha value is -2.50. The van der Waals surface area contributed by atoms with E-state index in [9.17, 15) is 19.2 Å². The van der Waals surface area contributed by atoms with Crippen molar-refractivity contribution in [2.75, 3.05) is 13.1 Å². The number of hydrogen-bond donors (Lipinski definition) is 1. The lowest BCUT2D eigenvalue weighted by molar-refractivity contribution is -0.142. The molecule has 1 aromatic carbocycles. The lowest BCUT2D eigenvalue weighted by Crippen LogP contribution is -2.57. The third-order valence-electron chi connectivity index (χ3n) is 8.93. The van der Waals surface area contributed by atoms with Gasteiger partial charge >= 0.3 is 0 Å². The monoisotopic (exact) mass is 465 g/mol. The first-order valence-electron chi connectivity index (χ1n) is 12.8. The highest BCUT2D eigenvalue weighted by molar-refractivity contribution is 5.87. The fourth-order valence-corrected chi connectivity index (χ4v) is 7.26. The summed E-state index contributed by atoms with van der Waals surface area (Å²) in [5, 5.41) is 9.42. The predicted octanol–water partition coefficient (Wildman–Crippen LogP) is 2.18. The van der Waals surface area contributed by atoms with Crippen LogP contribution in [0.4, 0.5) is 4.39 Å². The highest BCUT2D eigenvalue weighted by atomic mass is 19.1. The molecule has 7 nitrogen and oxygen atoms in total. The minimum absolute atomic E-state index is 0.0177. The Balaban J connectivity index is 1.16. The van der Waals surface area contributed by atoms with Crippen molar-refractivity contribution in [3.05, 3.63) is 35.6 Å². The van der Waals surface area contributed by atoms with E-state index in [0.717, 1.165) is 37.7 Å². The molecular weight excluding hydrogens is 433 g/mol. The number of carbonyl (C=O) groups excluding carboxylic acids is 2. The highest BCUT2D eigenvalue weighted by Gasteiger charge is 2.56. The molecule has 2 saturated carbocycles. The number of carbonyl (C=O) groups is 2. The van der Waals surface area contributed by atoms with Crippen LogP contribution in [0.5, 0.6) is 0 Å². The molecule has 0 aromatic heterocycles. The summed E-state index contributed by atoms with van der Waals surface area (Å²) in [5.41, 5.74) is 7.37. The fourth-order valence-electron chi connectivity index (χ4n) is 7.26. The lowest BCUT2D eigenvalue weighted by atomic mass is 9.89. The highest BCUT2D eigenvalue weighted by Crippen LogP contribution is 2.48. The average molecular weight is 466 g/mol. The molecule has 2 amide bonds. The Morgan fingerprint density at radius 3 is 2.59 bits per heavy atom. The van der Waals surface area contributed by atoms with Gasteiger partial charge in [0, 0.05) is 25.2 Å². The number of nitriles is 1. The number of piperazine rings is 1. The molecule has 6 rings (SSSR count). The standard InChI is InChI=1S/C26H32FN5O2/c27-18-7-5-16(6-8-18)24(15-3-1-2-4-15)32-20-11-23(26(32)34)30(13-20)14-21(29)25(33)31-19(12-28)9-17-10-22(17)31/h5-8,15,17,19-24H,1-4,9-11,13-14,29H2/t17-,19+,20+,21+,22?,23+,24+/m1/s1. The summed E-state index contributed by atoms with van der Waals surface area (Å²) in [6.07, 6.45) is 7.00. The molecule has 2 bridgehead atoms. The molecule has 8 heteroatoms. The first-order chi connectivity index (χ1) is 16.5. The maximum absolute atomic E-state index is 13.6. The Kier molecular flexibility index (Phi) is 5.38. The quantitative estimate of drug-likeness (QED) is 0.695. The molecule has 5 aliphatic rings. The van der Waals surface area contributed by atoms with Crippen molar-refractivity contribution in [3.8, 4) is 6.07 Å². The van der Waals surface area contributed by atoms with Gasteiger partial charge in [-0.2, -0.15) is 5.26 Å². The van der Waals surface area contributed by atoms with Crippen LogP contribution in [0.1, 0.15) is 56.6 Å². The van der Waals surface area contributed by atoms with Gasteiger partial charge in [-0.3, -0.25) is 14.5 Å². The second-order valence-electron chi connectivity index (χ2n) is 10.9. The van der Waals surface area contributed by atoms with Crippen LogP contribution in [0.15, 0.2) is 24.3 Å². The first kappa shape index (κ1) is 22.0. The summed E-state index contributed by atoms with van der Waals surface area (Å²) in [7, 11) is 0. The normalized spacial score (nSPS) is 34.4. The van der Waals surface area contributed by atoms with E-state index in [-0.39, 0.29) is 47.8 Å². The smallest absolute Gasteiger partial charge is 0.242 e. The van der Waals surface area contributed by atoms with Crippen molar-refractivity contribution < 1.29 is 14.0 Å². The summed E-state index contributed by atoms with van der Waals surface area (Å²) >= 11 is 0. The van der Waals surface area contributed by atoms with Crippen LogP contribution in [0.3, 0.4) is 0 Å². The third kappa shape index (κ3) is 3.52. The van der Waals surface area contributed by atoms with Crippen LogP contribution in [0, 0.1) is 29.0 Å². The minimum atomic E-state index is -0.724. The van der Waals surface area contributed by atoms with Crippen molar-refractivity contribution in [1.29, 1.82) is 5.26 Å². The van der Waals surface area contributed by atoms with Gasteiger partial charge in [-0.15, -0.1) is 0 Å². The van der Waals surface area contributed by atoms with Crippen LogP contribution >= 0.6 is 0 Å². The van der Waals surface area contributed by atoms with Crippen LogP contribution in [0.25, 0.3) is 0 Å². The molecule has 2 aliphatic carbocycles. The second kappa shape index (κ2) is 8.31. The zero-order chi connectivity index (χ0) is 23.6. The number of nitrogens with two attached hydrogens (primary N) is 1. The number of piperidine rings is 1. The second-order valence-corrected chi connectivity index (χ2v) is 10.9. The number of nitrogens with zero attached hydrogens (tertiary/aromatic N) is 4. The Bertz CT molecular complexity index is 1020. The molecular formula is C26H32FN5O2. The summed E-state index contributed by atoms with van der Waals surface area (Å²) < 4.78 is 13.6. The molecule has 5 fully saturated rings. The lowest BCUT2D eigenvalue weighted by Gasteiger charge is -2.42. The molecule has 1 aromatic rings. The van der Waals surface area contributed by atoms with Crippen LogP contribution in [0.2, 0.25) is 0 Å². The third-order valence-corrected chi connectivity index (χ3v) is 8.93. The van der Waals surface area contributed by atoms with Crippen molar-refractivity contribution >= 4 is 11.8 Å². The largest absolute Gasteiger partial charge is 0.330 e. The maximum Gasteiger partial charge on any atom is 0.242 e. The predicted molar refractivity (Wildman–Crippen MR) is 122 cm³/mol. The molecule has 0 radical (unpaired) electrons. The van der Waals surface area contributed by atoms with E-state index in [1.165, 1.54) is 25.0 Å². The number of likely N-dealkylation sites (tertiary alicyclic amines) is 3. The molecule has 7 atom stereocenters. The Labute approximate surface area is 199 Å². The van der Waals surface area contributed by atoms with E-state index in [1.54, 1.807) is 4.90 Å². The van der Waals surface area contributed by atoms with Gasteiger partial charge in [0.15, 0.2) is 0 Å².